The van der Waals surface area contributed by atoms with E-state index in [1.807, 2.05) is 11.0 Å². The molecule has 4 nitrogen and oxygen atoms in total. The number of carbonyl (C=O) groups excluding carboxylic acids is 1. The van der Waals surface area contributed by atoms with Gasteiger partial charge in [0.15, 0.2) is 0 Å². The molecule has 1 saturated heterocycles. The molecule has 0 spiro atoms. The summed E-state index contributed by atoms with van der Waals surface area (Å²) in [6.45, 7) is 1.84. The fourth-order valence-corrected chi connectivity index (χ4v) is 3.09. The van der Waals surface area contributed by atoms with Crippen LogP contribution in [0.2, 0.25) is 0 Å². The first-order chi connectivity index (χ1) is 11.6. The second kappa shape index (κ2) is 7.34. The third kappa shape index (κ3) is 4.25. The van der Waals surface area contributed by atoms with E-state index in [0.29, 0.717) is 19.0 Å². The van der Waals surface area contributed by atoms with Gasteiger partial charge in [-0.3, -0.25) is 0 Å². The van der Waals surface area contributed by atoms with E-state index < -0.39 is 0 Å². The van der Waals surface area contributed by atoms with Gasteiger partial charge in [-0.15, -0.1) is 0 Å². The molecule has 1 aliphatic rings. The van der Waals surface area contributed by atoms with Gasteiger partial charge in [0.25, 0.3) is 0 Å². The van der Waals surface area contributed by atoms with Gasteiger partial charge in [-0.05, 0) is 54.2 Å². The molecule has 2 N–H and O–H groups in total. The topological polar surface area (TPSA) is 52.6 Å². The highest BCUT2D eigenvalue weighted by molar-refractivity contribution is 5.74. The van der Waals surface area contributed by atoms with Crippen molar-refractivity contribution in [2.75, 3.05) is 13.1 Å². The number of hydrogen-bond acceptors (Lipinski definition) is 2. The van der Waals surface area contributed by atoms with E-state index in [4.69, 9.17) is 0 Å². The zero-order valence-corrected chi connectivity index (χ0v) is 13.4. The van der Waals surface area contributed by atoms with Crippen molar-refractivity contribution in [3.05, 3.63) is 65.5 Å². The Morgan fingerprint density at radius 2 is 2.00 bits per heavy atom. The van der Waals surface area contributed by atoms with Crippen molar-refractivity contribution in [2.24, 2.45) is 5.92 Å². The first kappa shape index (κ1) is 16.3. The average molecular weight is 328 g/mol. The van der Waals surface area contributed by atoms with Crippen LogP contribution in [0.25, 0.3) is 0 Å². The van der Waals surface area contributed by atoms with Crippen LogP contribution in [0.3, 0.4) is 0 Å². The molecule has 0 aliphatic carbocycles. The molecule has 0 bridgehead atoms. The van der Waals surface area contributed by atoms with Crippen molar-refractivity contribution >= 4 is 6.03 Å². The van der Waals surface area contributed by atoms with E-state index in [1.54, 1.807) is 30.3 Å². The SMILES string of the molecule is O=C(NCc1cccc(O)c1)N1CCC(Cc2ccc(F)cc2)C1. The smallest absolute Gasteiger partial charge is 0.317 e. The Morgan fingerprint density at radius 1 is 1.21 bits per heavy atom. The molecule has 0 radical (unpaired) electrons. The predicted molar refractivity (Wildman–Crippen MR) is 90.1 cm³/mol. The van der Waals surface area contributed by atoms with Crippen LogP contribution >= 0.6 is 0 Å². The van der Waals surface area contributed by atoms with Crippen LogP contribution in [0, 0.1) is 11.7 Å². The molecule has 1 unspecified atom stereocenters. The van der Waals surface area contributed by atoms with Gasteiger partial charge in [0.05, 0.1) is 0 Å². The van der Waals surface area contributed by atoms with E-state index in [-0.39, 0.29) is 17.6 Å². The van der Waals surface area contributed by atoms with Crippen molar-refractivity contribution in [2.45, 2.75) is 19.4 Å². The number of nitrogens with one attached hydrogen (secondary N) is 1. The van der Waals surface area contributed by atoms with Crippen LogP contribution in [-0.2, 0) is 13.0 Å². The maximum atomic E-state index is 12.9. The Bertz CT molecular complexity index is 703. The molecule has 1 aliphatic heterocycles. The Balaban J connectivity index is 1.48. The quantitative estimate of drug-likeness (QED) is 0.905. The van der Waals surface area contributed by atoms with Crippen molar-refractivity contribution in [3.8, 4) is 5.75 Å². The van der Waals surface area contributed by atoms with E-state index in [9.17, 15) is 14.3 Å². The number of amides is 2. The van der Waals surface area contributed by atoms with Crippen molar-refractivity contribution in [1.82, 2.24) is 10.2 Å². The number of benzene rings is 2. The van der Waals surface area contributed by atoms with Crippen LogP contribution < -0.4 is 5.32 Å². The maximum absolute atomic E-state index is 12.9. The minimum atomic E-state index is -0.224. The van der Waals surface area contributed by atoms with Crippen molar-refractivity contribution < 1.29 is 14.3 Å². The summed E-state index contributed by atoms with van der Waals surface area (Å²) >= 11 is 0. The number of urea groups is 1. The molecular formula is C19H21FN2O2. The second-order valence-corrected chi connectivity index (χ2v) is 6.26. The summed E-state index contributed by atoms with van der Waals surface area (Å²) in [5.41, 5.74) is 1.97. The summed E-state index contributed by atoms with van der Waals surface area (Å²) in [6, 6.07) is 13.3. The van der Waals surface area contributed by atoms with Gasteiger partial charge in [0.2, 0.25) is 0 Å². The normalized spacial score (nSPS) is 17.0. The summed E-state index contributed by atoms with van der Waals surface area (Å²) < 4.78 is 12.9. The molecule has 0 aromatic heterocycles. The molecule has 1 fully saturated rings. The highest BCUT2D eigenvalue weighted by atomic mass is 19.1. The number of aromatic hydroxyl groups is 1. The molecular weight excluding hydrogens is 307 g/mol. The largest absolute Gasteiger partial charge is 0.508 e. The number of halogens is 1. The van der Waals surface area contributed by atoms with Crippen LogP contribution in [0.15, 0.2) is 48.5 Å². The van der Waals surface area contributed by atoms with Gasteiger partial charge in [-0.1, -0.05) is 24.3 Å². The summed E-state index contributed by atoms with van der Waals surface area (Å²) in [6.07, 6.45) is 1.81. The lowest BCUT2D eigenvalue weighted by Gasteiger charge is -2.17. The van der Waals surface area contributed by atoms with E-state index in [0.717, 1.165) is 30.5 Å². The fraction of sp³-hybridized carbons (Fsp3) is 0.316. The molecule has 2 aromatic carbocycles. The molecule has 1 heterocycles. The summed E-state index contributed by atoms with van der Waals surface area (Å²) in [5.74, 6) is 0.377. The first-order valence-corrected chi connectivity index (χ1v) is 8.15. The molecule has 2 aromatic rings. The number of hydrogen-bond donors (Lipinski definition) is 2. The van der Waals surface area contributed by atoms with Crippen LogP contribution in [-0.4, -0.2) is 29.1 Å². The van der Waals surface area contributed by atoms with Crippen LogP contribution in [0.5, 0.6) is 5.75 Å². The zero-order chi connectivity index (χ0) is 16.9. The number of carbonyl (C=O) groups is 1. The van der Waals surface area contributed by atoms with Gasteiger partial charge in [0, 0.05) is 19.6 Å². The number of nitrogens with zero attached hydrogens (tertiary/aromatic N) is 1. The molecule has 3 rings (SSSR count). The lowest BCUT2D eigenvalue weighted by molar-refractivity contribution is 0.206. The van der Waals surface area contributed by atoms with Gasteiger partial charge in [-0.25, -0.2) is 9.18 Å². The monoisotopic (exact) mass is 328 g/mol. The summed E-state index contributed by atoms with van der Waals surface area (Å²) in [4.78, 5) is 14.1. The predicted octanol–water partition coefficient (Wildman–Crippen LogP) is 3.31. The zero-order valence-electron chi connectivity index (χ0n) is 13.4. The Hall–Kier alpha value is -2.56. The van der Waals surface area contributed by atoms with E-state index in [2.05, 4.69) is 5.32 Å². The number of phenols is 1. The molecule has 2 amide bonds. The Morgan fingerprint density at radius 3 is 2.75 bits per heavy atom. The summed E-state index contributed by atoms with van der Waals surface area (Å²) in [7, 11) is 0. The Kier molecular flexibility index (Phi) is 4.99. The van der Waals surface area contributed by atoms with Crippen molar-refractivity contribution in [3.63, 3.8) is 0 Å². The standard InChI is InChI=1S/C19H21FN2O2/c20-17-6-4-14(5-7-17)10-16-8-9-22(13-16)19(24)21-12-15-2-1-3-18(23)11-15/h1-7,11,16,23H,8-10,12-13H2,(H,21,24). The van der Waals surface area contributed by atoms with Gasteiger partial charge in [0.1, 0.15) is 11.6 Å². The van der Waals surface area contributed by atoms with Gasteiger partial charge in [-0.2, -0.15) is 0 Å². The molecule has 24 heavy (non-hydrogen) atoms. The van der Waals surface area contributed by atoms with Crippen LogP contribution in [0.4, 0.5) is 9.18 Å². The minimum Gasteiger partial charge on any atom is -0.508 e. The lowest BCUT2D eigenvalue weighted by Crippen LogP contribution is -2.38. The highest BCUT2D eigenvalue weighted by Crippen LogP contribution is 2.21. The third-order valence-electron chi connectivity index (χ3n) is 4.37. The molecule has 126 valence electrons. The fourth-order valence-electron chi connectivity index (χ4n) is 3.09. The average Bonchev–Trinajstić information content (AvgIpc) is 3.03. The molecule has 5 heteroatoms. The molecule has 1 atom stereocenters. The lowest BCUT2D eigenvalue weighted by atomic mass is 9.99. The summed E-state index contributed by atoms with van der Waals surface area (Å²) in [5, 5.41) is 12.3. The van der Waals surface area contributed by atoms with Crippen molar-refractivity contribution in [1.29, 1.82) is 0 Å². The first-order valence-electron chi connectivity index (χ1n) is 8.15. The van der Waals surface area contributed by atoms with E-state index >= 15 is 0 Å². The Labute approximate surface area is 140 Å². The van der Waals surface area contributed by atoms with Crippen LogP contribution in [0.1, 0.15) is 17.5 Å². The van der Waals surface area contributed by atoms with Gasteiger partial charge >= 0.3 is 6.03 Å². The highest BCUT2D eigenvalue weighted by Gasteiger charge is 2.26. The van der Waals surface area contributed by atoms with E-state index in [1.165, 1.54) is 12.1 Å². The minimum absolute atomic E-state index is 0.0834. The molecule has 0 saturated carbocycles. The maximum Gasteiger partial charge on any atom is 0.317 e. The number of rotatable bonds is 4. The second-order valence-electron chi connectivity index (χ2n) is 6.26. The number of phenolic OH excluding ortho intramolecular Hbond substituents is 1. The third-order valence-corrected chi connectivity index (χ3v) is 4.37. The number of likely N-dealkylation sites (tertiary alicyclic amines) is 1. The van der Waals surface area contributed by atoms with Gasteiger partial charge < -0.3 is 15.3 Å².